The fraction of sp³-hybridized carbons (Fsp3) is 0.778. The van der Waals surface area contributed by atoms with Gasteiger partial charge >= 0.3 is 0 Å². The van der Waals surface area contributed by atoms with E-state index < -0.39 is 0 Å². The minimum atomic E-state index is -0.0142. The average molecular weight is 183 g/mol. The van der Waals surface area contributed by atoms with Gasteiger partial charge in [-0.15, -0.1) is 5.10 Å². The second-order valence-corrected chi connectivity index (χ2v) is 3.22. The van der Waals surface area contributed by atoms with E-state index in [-0.39, 0.29) is 6.61 Å². The molecule has 1 N–H and O–H groups in total. The molecule has 0 bridgehead atoms. The van der Waals surface area contributed by atoms with Gasteiger partial charge in [0.2, 0.25) is 0 Å². The molecule has 0 saturated carbocycles. The van der Waals surface area contributed by atoms with E-state index in [1.54, 1.807) is 4.68 Å². The Kier molecular flexibility index (Phi) is 3.42. The summed E-state index contributed by atoms with van der Waals surface area (Å²) in [5, 5.41) is 16.9. The Labute approximate surface area is 78.6 Å². The molecule has 0 radical (unpaired) electrons. The molecule has 4 heteroatoms. The highest BCUT2D eigenvalue weighted by Gasteiger charge is 2.17. The normalized spacial score (nSPS) is 11.2. The second-order valence-electron chi connectivity index (χ2n) is 3.22. The lowest BCUT2D eigenvalue weighted by Crippen LogP contribution is -2.06. The summed E-state index contributed by atoms with van der Waals surface area (Å²) < 4.78 is 1.77. The third kappa shape index (κ3) is 1.88. The first-order chi connectivity index (χ1) is 6.24. The molecular formula is C9H17N3O. The van der Waals surface area contributed by atoms with Gasteiger partial charge in [-0.1, -0.05) is 19.1 Å². The standard InChI is InChI=1S/C9H17N3O/c1-4-7(5-2)9-8(6-13)10-11-12(9)3/h7,13H,4-6H2,1-3H3. The Morgan fingerprint density at radius 1 is 1.38 bits per heavy atom. The van der Waals surface area contributed by atoms with E-state index >= 15 is 0 Å². The molecule has 0 aliphatic carbocycles. The van der Waals surface area contributed by atoms with Crippen LogP contribution < -0.4 is 0 Å². The quantitative estimate of drug-likeness (QED) is 0.763. The van der Waals surface area contributed by atoms with Crippen molar-refractivity contribution < 1.29 is 5.11 Å². The second kappa shape index (κ2) is 4.37. The van der Waals surface area contributed by atoms with Crippen molar-refractivity contribution in [1.29, 1.82) is 0 Å². The number of aliphatic hydroxyl groups is 1. The third-order valence-electron chi connectivity index (χ3n) is 2.47. The van der Waals surface area contributed by atoms with Gasteiger partial charge in [0.1, 0.15) is 5.69 Å². The summed E-state index contributed by atoms with van der Waals surface area (Å²) in [6, 6.07) is 0. The van der Waals surface area contributed by atoms with Crippen LogP contribution in [0.2, 0.25) is 0 Å². The largest absolute Gasteiger partial charge is 0.390 e. The zero-order chi connectivity index (χ0) is 9.84. The smallest absolute Gasteiger partial charge is 0.112 e. The van der Waals surface area contributed by atoms with Crippen LogP contribution in [0.15, 0.2) is 0 Å². The van der Waals surface area contributed by atoms with Crippen LogP contribution in [0.25, 0.3) is 0 Å². The maximum Gasteiger partial charge on any atom is 0.112 e. The number of aliphatic hydroxyl groups excluding tert-OH is 1. The molecule has 0 unspecified atom stereocenters. The van der Waals surface area contributed by atoms with Crippen molar-refractivity contribution in [3.8, 4) is 0 Å². The molecule has 0 fully saturated rings. The van der Waals surface area contributed by atoms with E-state index in [4.69, 9.17) is 5.11 Å². The van der Waals surface area contributed by atoms with E-state index in [9.17, 15) is 0 Å². The Balaban J connectivity index is 3.01. The Morgan fingerprint density at radius 2 is 2.00 bits per heavy atom. The molecule has 13 heavy (non-hydrogen) atoms. The molecule has 1 heterocycles. The molecule has 74 valence electrons. The van der Waals surface area contributed by atoms with Crippen LogP contribution in [0, 0.1) is 0 Å². The minimum Gasteiger partial charge on any atom is -0.390 e. The summed E-state index contributed by atoms with van der Waals surface area (Å²) in [5.74, 6) is 0.460. The number of hydrogen-bond donors (Lipinski definition) is 1. The molecule has 1 aromatic heterocycles. The first-order valence-electron chi connectivity index (χ1n) is 4.73. The number of aryl methyl sites for hydroxylation is 1. The van der Waals surface area contributed by atoms with Crippen molar-refractivity contribution in [3.05, 3.63) is 11.4 Å². The zero-order valence-corrected chi connectivity index (χ0v) is 8.49. The van der Waals surface area contributed by atoms with Crippen LogP contribution in [0.1, 0.15) is 44.0 Å². The third-order valence-corrected chi connectivity index (χ3v) is 2.47. The van der Waals surface area contributed by atoms with E-state index in [2.05, 4.69) is 24.2 Å². The molecule has 1 rings (SSSR count). The van der Waals surface area contributed by atoms with Crippen molar-refractivity contribution >= 4 is 0 Å². The number of hydrogen-bond acceptors (Lipinski definition) is 3. The fourth-order valence-electron chi connectivity index (χ4n) is 1.70. The van der Waals surface area contributed by atoms with Gasteiger partial charge in [0.25, 0.3) is 0 Å². The molecule has 0 aliphatic heterocycles. The number of rotatable bonds is 4. The van der Waals surface area contributed by atoms with Gasteiger partial charge in [-0.25, -0.2) is 0 Å². The van der Waals surface area contributed by atoms with Gasteiger partial charge in [0, 0.05) is 13.0 Å². The highest BCUT2D eigenvalue weighted by atomic mass is 16.3. The summed E-state index contributed by atoms with van der Waals surface area (Å²) in [7, 11) is 1.87. The number of aromatic nitrogens is 3. The predicted octanol–water partition coefficient (Wildman–Crippen LogP) is 1.21. The van der Waals surface area contributed by atoms with Gasteiger partial charge < -0.3 is 5.11 Å². The van der Waals surface area contributed by atoms with Crippen molar-refractivity contribution in [2.75, 3.05) is 0 Å². The maximum atomic E-state index is 9.06. The molecule has 0 spiro atoms. The summed E-state index contributed by atoms with van der Waals surface area (Å²) in [4.78, 5) is 0. The lowest BCUT2D eigenvalue weighted by molar-refractivity contribution is 0.274. The van der Waals surface area contributed by atoms with E-state index in [0.717, 1.165) is 24.2 Å². The van der Waals surface area contributed by atoms with Crippen LogP contribution in [-0.2, 0) is 13.7 Å². The lowest BCUT2D eigenvalue weighted by Gasteiger charge is -2.12. The zero-order valence-electron chi connectivity index (χ0n) is 8.49. The van der Waals surface area contributed by atoms with Crippen LogP contribution >= 0.6 is 0 Å². The van der Waals surface area contributed by atoms with Crippen molar-refractivity contribution in [2.24, 2.45) is 7.05 Å². The molecule has 1 aromatic rings. The summed E-state index contributed by atoms with van der Waals surface area (Å²) in [6.45, 7) is 4.27. The number of nitrogens with zero attached hydrogens (tertiary/aromatic N) is 3. The average Bonchev–Trinajstić information content (AvgIpc) is 2.51. The van der Waals surface area contributed by atoms with E-state index in [1.807, 2.05) is 7.05 Å². The Hall–Kier alpha value is -0.900. The van der Waals surface area contributed by atoms with Gasteiger partial charge in [0.15, 0.2) is 0 Å². The summed E-state index contributed by atoms with van der Waals surface area (Å²) >= 11 is 0. The van der Waals surface area contributed by atoms with Gasteiger partial charge in [0.05, 0.1) is 12.3 Å². The summed E-state index contributed by atoms with van der Waals surface area (Å²) in [5.41, 5.74) is 1.80. The topological polar surface area (TPSA) is 50.9 Å². The Morgan fingerprint density at radius 3 is 2.46 bits per heavy atom. The van der Waals surface area contributed by atoms with Gasteiger partial charge in [-0.3, -0.25) is 4.68 Å². The summed E-state index contributed by atoms with van der Waals surface area (Å²) in [6.07, 6.45) is 2.12. The first kappa shape index (κ1) is 10.2. The molecule has 0 aromatic carbocycles. The van der Waals surface area contributed by atoms with Crippen molar-refractivity contribution in [2.45, 2.75) is 39.2 Å². The molecule has 0 saturated heterocycles. The van der Waals surface area contributed by atoms with Gasteiger partial charge in [-0.2, -0.15) is 0 Å². The van der Waals surface area contributed by atoms with Crippen LogP contribution in [-0.4, -0.2) is 20.1 Å². The maximum absolute atomic E-state index is 9.06. The van der Waals surface area contributed by atoms with E-state index in [1.165, 1.54) is 0 Å². The van der Waals surface area contributed by atoms with Crippen LogP contribution in [0.4, 0.5) is 0 Å². The monoisotopic (exact) mass is 183 g/mol. The lowest BCUT2D eigenvalue weighted by atomic mass is 9.98. The highest BCUT2D eigenvalue weighted by molar-refractivity contribution is 5.14. The highest BCUT2D eigenvalue weighted by Crippen LogP contribution is 2.24. The minimum absolute atomic E-state index is 0.0142. The van der Waals surface area contributed by atoms with Crippen LogP contribution in [0.3, 0.4) is 0 Å². The van der Waals surface area contributed by atoms with E-state index in [0.29, 0.717) is 5.92 Å². The predicted molar refractivity (Wildman–Crippen MR) is 50.2 cm³/mol. The Bertz CT molecular complexity index is 266. The van der Waals surface area contributed by atoms with Crippen molar-refractivity contribution in [1.82, 2.24) is 15.0 Å². The van der Waals surface area contributed by atoms with Crippen molar-refractivity contribution in [3.63, 3.8) is 0 Å². The van der Waals surface area contributed by atoms with Gasteiger partial charge in [-0.05, 0) is 12.8 Å². The SMILES string of the molecule is CCC(CC)c1c(CO)nnn1C. The van der Waals surface area contributed by atoms with Crippen LogP contribution in [0.5, 0.6) is 0 Å². The fourth-order valence-corrected chi connectivity index (χ4v) is 1.70. The molecule has 0 atom stereocenters. The molecular weight excluding hydrogens is 166 g/mol. The molecule has 0 aliphatic rings. The molecule has 0 amide bonds. The first-order valence-corrected chi connectivity index (χ1v) is 4.73. The molecule has 4 nitrogen and oxygen atoms in total.